The molecule has 0 aliphatic carbocycles. The van der Waals surface area contributed by atoms with Crippen molar-refractivity contribution in [3.8, 4) is 5.75 Å². The number of ether oxygens (including phenoxy) is 1. The van der Waals surface area contributed by atoms with Crippen molar-refractivity contribution in [3.05, 3.63) is 72.7 Å². The van der Waals surface area contributed by atoms with Gasteiger partial charge in [0.05, 0.1) is 35.0 Å². The van der Waals surface area contributed by atoms with Crippen molar-refractivity contribution in [1.29, 1.82) is 0 Å². The van der Waals surface area contributed by atoms with E-state index in [2.05, 4.69) is 20.3 Å². The molecule has 0 radical (unpaired) electrons. The number of nitrogens with zero attached hydrogens (tertiary/aromatic N) is 5. The molecule has 1 N–H and O–H groups in total. The predicted molar refractivity (Wildman–Crippen MR) is 141 cm³/mol. The molecule has 13 heteroatoms. The summed E-state index contributed by atoms with van der Waals surface area (Å²) in [6.45, 7) is 3.84. The molecule has 3 heterocycles. The van der Waals surface area contributed by atoms with Crippen molar-refractivity contribution in [2.24, 2.45) is 0 Å². The van der Waals surface area contributed by atoms with Gasteiger partial charge < -0.3 is 15.0 Å². The molecule has 1 fully saturated rings. The van der Waals surface area contributed by atoms with Crippen molar-refractivity contribution < 1.29 is 26.3 Å². The van der Waals surface area contributed by atoms with Crippen LogP contribution in [0, 0.1) is 0 Å². The normalized spacial score (nSPS) is 14.9. The maximum Gasteiger partial charge on any atom is 0.416 e. The fourth-order valence-corrected chi connectivity index (χ4v) is 5.71. The van der Waals surface area contributed by atoms with E-state index in [1.807, 2.05) is 11.8 Å². The number of hydrogen-bond donors (Lipinski definition) is 1. The highest BCUT2D eigenvalue weighted by atomic mass is 32.2. The summed E-state index contributed by atoms with van der Waals surface area (Å²) in [4.78, 5) is 14.7. The molecule has 204 valence electrons. The number of aromatic nitrogens is 3. The number of benzene rings is 2. The zero-order chi connectivity index (χ0) is 27.6. The van der Waals surface area contributed by atoms with Crippen molar-refractivity contribution in [1.82, 2.24) is 19.3 Å². The Morgan fingerprint density at radius 2 is 1.64 bits per heavy atom. The maximum absolute atomic E-state index is 13.2. The standard InChI is InChI=1S/C26H25F3N6O3S/c1-2-38-20-16-31-25(32-17-20)34-11-13-35(14-12-34)39(36,37)21-6-4-19(5-7-21)33-23-9-10-30-24-15-18(26(27,28)29)3-8-22(23)24/h3-10,15-17H,2,11-14H2,1H3,(H,30,33). The zero-order valence-electron chi connectivity index (χ0n) is 20.9. The molecule has 4 aromatic rings. The molecule has 1 saturated heterocycles. The van der Waals surface area contributed by atoms with Gasteiger partial charge in [0.25, 0.3) is 0 Å². The Labute approximate surface area is 223 Å². The molecule has 39 heavy (non-hydrogen) atoms. The minimum Gasteiger partial charge on any atom is -0.491 e. The van der Waals surface area contributed by atoms with E-state index in [-0.39, 0.29) is 23.5 Å². The van der Waals surface area contributed by atoms with Crippen LogP contribution < -0.4 is 15.0 Å². The summed E-state index contributed by atoms with van der Waals surface area (Å²) in [6.07, 6.45) is 0.149. The average Bonchev–Trinajstić information content (AvgIpc) is 2.93. The Hall–Kier alpha value is -3.97. The summed E-state index contributed by atoms with van der Waals surface area (Å²) in [5.41, 5.74) is 0.557. The monoisotopic (exact) mass is 558 g/mol. The van der Waals surface area contributed by atoms with Gasteiger partial charge in [-0.3, -0.25) is 4.98 Å². The molecule has 0 bridgehead atoms. The number of alkyl halides is 3. The van der Waals surface area contributed by atoms with Crippen molar-refractivity contribution in [2.45, 2.75) is 18.0 Å². The lowest BCUT2D eigenvalue weighted by Gasteiger charge is -2.34. The molecule has 2 aromatic carbocycles. The lowest BCUT2D eigenvalue weighted by atomic mass is 10.1. The van der Waals surface area contributed by atoms with Gasteiger partial charge in [-0.1, -0.05) is 6.07 Å². The molecule has 0 saturated carbocycles. The summed E-state index contributed by atoms with van der Waals surface area (Å²) in [5.74, 6) is 1.09. The molecule has 1 aliphatic rings. The highest BCUT2D eigenvalue weighted by Gasteiger charge is 2.31. The maximum atomic E-state index is 13.2. The molecular weight excluding hydrogens is 533 g/mol. The van der Waals surface area contributed by atoms with Crippen molar-refractivity contribution in [2.75, 3.05) is 43.0 Å². The predicted octanol–water partition coefficient (Wildman–Crippen LogP) is 4.70. The fraction of sp³-hybridized carbons (Fsp3) is 0.269. The number of anilines is 3. The largest absolute Gasteiger partial charge is 0.491 e. The first kappa shape index (κ1) is 26.6. The second-order valence-electron chi connectivity index (χ2n) is 8.78. The average molecular weight is 559 g/mol. The number of piperazine rings is 1. The van der Waals surface area contributed by atoms with Gasteiger partial charge in [0.15, 0.2) is 5.75 Å². The lowest BCUT2D eigenvalue weighted by Crippen LogP contribution is -2.49. The Morgan fingerprint density at radius 3 is 2.28 bits per heavy atom. The topological polar surface area (TPSA) is 101 Å². The molecule has 1 aliphatic heterocycles. The second kappa shape index (κ2) is 10.7. The van der Waals surface area contributed by atoms with Crippen LogP contribution in [0.1, 0.15) is 12.5 Å². The number of sulfonamides is 1. The molecular formula is C26H25F3N6O3S. The fourth-order valence-electron chi connectivity index (χ4n) is 4.29. The van der Waals surface area contributed by atoms with E-state index in [0.717, 1.165) is 12.1 Å². The Balaban J connectivity index is 1.25. The highest BCUT2D eigenvalue weighted by molar-refractivity contribution is 7.89. The van der Waals surface area contributed by atoms with E-state index in [0.29, 0.717) is 48.2 Å². The lowest BCUT2D eigenvalue weighted by molar-refractivity contribution is -0.137. The van der Waals surface area contributed by atoms with Gasteiger partial charge >= 0.3 is 6.18 Å². The Morgan fingerprint density at radius 1 is 0.949 bits per heavy atom. The van der Waals surface area contributed by atoms with Crippen molar-refractivity contribution in [3.63, 3.8) is 0 Å². The number of pyridine rings is 1. The van der Waals surface area contributed by atoms with E-state index in [9.17, 15) is 21.6 Å². The summed E-state index contributed by atoms with van der Waals surface area (Å²) in [5, 5.41) is 3.65. The third kappa shape index (κ3) is 5.73. The first-order chi connectivity index (χ1) is 18.6. The first-order valence-electron chi connectivity index (χ1n) is 12.2. The molecule has 9 nitrogen and oxygen atoms in total. The van der Waals surface area contributed by atoms with Crippen LogP contribution in [0.25, 0.3) is 10.9 Å². The van der Waals surface area contributed by atoms with Crippen LogP contribution in [0.15, 0.2) is 72.0 Å². The van der Waals surface area contributed by atoms with Crippen molar-refractivity contribution >= 4 is 38.2 Å². The molecule has 0 spiro atoms. The number of halogens is 3. The van der Waals surface area contributed by atoms with Gasteiger partial charge in [-0.15, -0.1) is 0 Å². The van der Waals surface area contributed by atoms with E-state index in [1.54, 1.807) is 30.6 Å². The van der Waals surface area contributed by atoms with E-state index in [1.165, 1.54) is 28.7 Å². The third-order valence-electron chi connectivity index (χ3n) is 6.29. The molecule has 0 amide bonds. The SMILES string of the molecule is CCOc1cnc(N2CCN(S(=O)(=O)c3ccc(Nc4ccnc5cc(C(F)(F)F)ccc45)cc3)CC2)nc1. The van der Waals surface area contributed by atoms with Crippen LogP contribution in [0.4, 0.5) is 30.5 Å². The summed E-state index contributed by atoms with van der Waals surface area (Å²) in [6, 6.07) is 11.3. The number of rotatable bonds is 7. The van der Waals surface area contributed by atoms with Gasteiger partial charge in [0, 0.05) is 49.1 Å². The summed E-state index contributed by atoms with van der Waals surface area (Å²) >= 11 is 0. The van der Waals surface area contributed by atoms with E-state index < -0.39 is 21.8 Å². The number of hydrogen-bond acceptors (Lipinski definition) is 8. The van der Waals surface area contributed by atoms with Gasteiger partial charge in [-0.2, -0.15) is 17.5 Å². The first-order valence-corrected chi connectivity index (χ1v) is 13.6. The van der Waals surface area contributed by atoms with E-state index >= 15 is 0 Å². The van der Waals surface area contributed by atoms with Gasteiger partial charge in [-0.25, -0.2) is 18.4 Å². The van der Waals surface area contributed by atoms with Gasteiger partial charge in [0.2, 0.25) is 16.0 Å². The molecule has 0 atom stereocenters. The van der Waals surface area contributed by atoms with Gasteiger partial charge in [0.1, 0.15) is 0 Å². The van der Waals surface area contributed by atoms with Crippen LogP contribution in [0.5, 0.6) is 5.75 Å². The molecule has 5 rings (SSSR count). The quantitative estimate of drug-likeness (QED) is 0.349. The third-order valence-corrected chi connectivity index (χ3v) is 8.20. The molecule has 0 unspecified atom stereocenters. The Bertz CT molecular complexity index is 1560. The van der Waals surface area contributed by atoms with Crippen LogP contribution in [0.2, 0.25) is 0 Å². The second-order valence-corrected chi connectivity index (χ2v) is 10.7. The summed E-state index contributed by atoms with van der Waals surface area (Å²) < 4.78 is 72.4. The van der Waals surface area contributed by atoms with E-state index in [4.69, 9.17) is 4.74 Å². The Kier molecular flexibility index (Phi) is 7.28. The minimum atomic E-state index is -4.46. The van der Waals surface area contributed by atoms with Crippen LogP contribution in [-0.2, 0) is 16.2 Å². The minimum absolute atomic E-state index is 0.147. The summed E-state index contributed by atoms with van der Waals surface area (Å²) in [7, 11) is -3.72. The van der Waals surface area contributed by atoms with Crippen LogP contribution >= 0.6 is 0 Å². The molecule has 2 aromatic heterocycles. The highest BCUT2D eigenvalue weighted by Crippen LogP contribution is 2.33. The number of nitrogens with one attached hydrogen (secondary N) is 1. The smallest absolute Gasteiger partial charge is 0.416 e. The zero-order valence-corrected chi connectivity index (χ0v) is 21.7. The van der Waals surface area contributed by atoms with Crippen LogP contribution in [-0.4, -0.2) is 60.5 Å². The van der Waals surface area contributed by atoms with Gasteiger partial charge in [-0.05, 0) is 49.4 Å². The van der Waals surface area contributed by atoms with Crippen LogP contribution in [0.3, 0.4) is 0 Å². The number of fused-ring (bicyclic) bond motifs is 1.